The zero-order chi connectivity index (χ0) is 19.3. The van der Waals surface area contributed by atoms with Crippen LogP contribution in [0.15, 0.2) is 41.3 Å². The van der Waals surface area contributed by atoms with Crippen LogP contribution >= 0.6 is 11.8 Å². The summed E-state index contributed by atoms with van der Waals surface area (Å²) in [5.74, 6) is -7.17. The van der Waals surface area contributed by atoms with Gasteiger partial charge in [0.15, 0.2) is 23.6 Å². The van der Waals surface area contributed by atoms with Gasteiger partial charge in [-0.25, -0.2) is 17.6 Å². The zero-order valence-corrected chi connectivity index (χ0v) is 14.2. The summed E-state index contributed by atoms with van der Waals surface area (Å²) in [7, 11) is 0. The molecular formula is C17H13F4NO3S. The molecule has 0 heterocycles. The first-order chi connectivity index (χ1) is 12.3. The summed E-state index contributed by atoms with van der Waals surface area (Å²) in [5.41, 5.74) is -0.586. The topological polar surface area (TPSA) is 55.4 Å². The van der Waals surface area contributed by atoms with E-state index < -0.39 is 46.9 Å². The summed E-state index contributed by atoms with van der Waals surface area (Å²) in [4.78, 5) is 23.9. The Bertz CT molecular complexity index is 832. The van der Waals surface area contributed by atoms with Crippen LogP contribution in [0.3, 0.4) is 0 Å². The summed E-state index contributed by atoms with van der Waals surface area (Å²) >= 11 is 0.886. The number of thioether (sulfide) groups is 1. The molecular weight excluding hydrogens is 374 g/mol. The second-order valence-electron chi connectivity index (χ2n) is 5.06. The number of amides is 1. The van der Waals surface area contributed by atoms with Crippen molar-refractivity contribution < 1.29 is 31.9 Å². The summed E-state index contributed by atoms with van der Waals surface area (Å²) < 4.78 is 57.8. The number of rotatable bonds is 6. The predicted octanol–water partition coefficient (Wildman–Crippen LogP) is 3.91. The highest BCUT2D eigenvalue weighted by atomic mass is 32.2. The van der Waals surface area contributed by atoms with Gasteiger partial charge in [0.05, 0.1) is 11.4 Å². The summed E-state index contributed by atoms with van der Waals surface area (Å²) in [6.07, 6.45) is -1.32. The molecule has 26 heavy (non-hydrogen) atoms. The number of esters is 1. The Balaban J connectivity index is 1.89. The van der Waals surface area contributed by atoms with E-state index in [1.54, 1.807) is 6.07 Å². The van der Waals surface area contributed by atoms with Crippen molar-refractivity contribution in [3.63, 3.8) is 0 Å². The zero-order valence-electron chi connectivity index (χ0n) is 13.4. The van der Waals surface area contributed by atoms with Crippen molar-refractivity contribution in [3.8, 4) is 0 Å². The molecule has 0 aromatic heterocycles. The third-order valence-corrected chi connectivity index (χ3v) is 4.17. The Labute approximate surface area is 150 Å². The molecule has 0 aliphatic rings. The lowest BCUT2D eigenvalue weighted by Gasteiger charge is -2.14. The standard InChI is InChI=1S/C17H13F4NO3S/c1-9(17(24)22-12-7-6-11(19)15(20)16(12)21)25-14(23)8-26-13-5-3-2-4-10(13)18/h2-7,9H,8H2,1H3,(H,22,24)/t9-/m0/s1. The quantitative estimate of drug-likeness (QED) is 0.354. The molecule has 1 N–H and O–H groups in total. The Morgan fingerprint density at radius 1 is 1.04 bits per heavy atom. The number of nitrogens with one attached hydrogen (secondary N) is 1. The Kier molecular flexibility index (Phi) is 6.62. The van der Waals surface area contributed by atoms with Crippen molar-refractivity contribution in [1.29, 1.82) is 0 Å². The number of benzene rings is 2. The molecule has 2 aromatic rings. The molecule has 2 aromatic carbocycles. The minimum Gasteiger partial charge on any atom is -0.452 e. The van der Waals surface area contributed by atoms with E-state index in [0.717, 1.165) is 17.8 Å². The molecule has 4 nitrogen and oxygen atoms in total. The molecule has 0 aliphatic carbocycles. The number of halogens is 4. The lowest BCUT2D eigenvalue weighted by Crippen LogP contribution is -2.31. The summed E-state index contributed by atoms with van der Waals surface area (Å²) in [6.45, 7) is 1.22. The van der Waals surface area contributed by atoms with E-state index in [9.17, 15) is 27.2 Å². The lowest BCUT2D eigenvalue weighted by atomic mass is 10.2. The first-order valence-corrected chi connectivity index (χ1v) is 8.29. The van der Waals surface area contributed by atoms with Gasteiger partial charge < -0.3 is 10.1 Å². The molecule has 2 rings (SSSR count). The maximum absolute atomic E-state index is 13.5. The minimum atomic E-state index is -1.73. The molecule has 1 amide bonds. The summed E-state index contributed by atoms with van der Waals surface area (Å²) in [5, 5.41) is 2.00. The Hall–Kier alpha value is -2.55. The van der Waals surface area contributed by atoms with E-state index in [-0.39, 0.29) is 10.6 Å². The SMILES string of the molecule is C[C@H](OC(=O)CSc1ccccc1F)C(=O)Nc1ccc(F)c(F)c1F. The highest BCUT2D eigenvalue weighted by Crippen LogP contribution is 2.22. The van der Waals surface area contributed by atoms with E-state index in [2.05, 4.69) is 0 Å². The van der Waals surface area contributed by atoms with Gasteiger partial charge in [0, 0.05) is 4.90 Å². The van der Waals surface area contributed by atoms with Crippen LogP contribution in [0.4, 0.5) is 23.2 Å². The third-order valence-electron chi connectivity index (χ3n) is 3.15. The first kappa shape index (κ1) is 19.8. The van der Waals surface area contributed by atoms with Crippen LogP contribution in [0.5, 0.6) is 0 Å². The van der Waals surface area contributed by atoms with E-state index in [4.69, 9.17) is 4.74 Å². The van der Waals surface area contributed by atoms with Crippen LogP contribution in [0.1, 0.15) is 6.92 Å². The smallest absolute Gasteiger partial charge is 0.317 e. The minimum absolute atomic E-state index is 0.241. The van der Waals surface area contributed by atoms with Crippen LogP contribution in [0.25, 0.3) is 0 Å². The van der Waals surface area contributed by atoms with Gasteiger partial charge in [-0.05, 0) is 31.2 Å². The lowest BCUT2D eigenvalue weighted by molar-refractivity contribution is -0.150. The van der Waals surface area contributed by atoms with Crippen molar-refractivity contribution in [1.82, 2.24) is 0 Å². The van der Waals surface area contributed by atoms with Gasteiger partial charge in [0.2, 0.25) is 0 Å². The van der Waals surface area contributed by atoms with Crippen LogP contribution in [-0.2, 0) is 14.3 Å². The van der Waals surface area contributed by atoms with Crippen molar-refractivity contribution in [2.45, 2.75) is 17.9 Å². The highest BCUT2D eigenvalue weighted by molar-refractivity contribution is 8.00. The third kappa shape index (κ3) is 4.98. The molecule has 0 saturated heterocycles. The molecule has 0 saturated carbocycles. The monoisotopic (exact) mass is 387 g/mol. The maximum atomic E-state index is 13.5. The van der Waals surface area contributed by atoms with Crippen molar-refractivity contribution in [2.24, 2.45) is 0 Å². The molecule has 1 atom stereocenters. The fourth-order valence-corrected chi connectivity index (χ4v) is 2.56. The van der Waals surface area contributed by atoms with Gasteiger partial charge in [0.25, 0.3) is 5.91 Å². The summed E-state index contributed by atoms with van der Waals surface area (Å²) in [6, 6.07) is 7.31. The van der Waals surface area contributed by atoms with Gasteiger partial charge in [0.1, 0.15) is 5.82 Å². The number of carbonyl (C=O) groups excluding carboxylic acids is 2. The van der Waals surface area contributed by atoms with Crippen molar-refractivity contribution in [2.75, 3.05) is 11.1 Å². The van der Waals surface area contributed by atoms with Crippen LogP contribution in [0, 0.1) is 23.3 Å². The molecule has 0 radical (unpaired) electrons. The number of ether oxygens (including phenoxy) is 1. The number of carbonyl (C=O) groups is 2. The molecule has 0 aliphatic heterocycles. The highest BCUT2D eigenvalue weighted by Gasteiger charge is 2.21. The van der Waals surface area contributed by atoms with Gasteiger partial charge in [-0.2, -0.15) is 0 Å². The van der Waals surface area contributed by atoms with Crippen LogP contribution in [0.2, 0.25) is 0 Å². The van der Waals surface area contributed by atoms with Gasteiger partial charge in [-0.1, -0.05) is 12.1 Å². The van der Waals surface area contributed by atoms with E-state index in [1.807, 2.05) is 5.32 Å². The van der Waals surface area contributed by atoms with Crippen LogP contribution < -0.4 is 5.32 Å². The Morgan fingerprint density at radius 2 is 1.73 bits per heavy atom. The van der Waals surface area contributed by atoms with Crippen LogP contribution in [-0.4, -0.2) is 23.7 Å². The second-order valence-corrected chi connectivity index (χ2v) is 6.08. The first-order valence-electron chi connectivity index (χ1n) is 7.30. The van der Waals surface area contributed by atoms with Crippen molar-refractivity contribution in [3.05, 3.63) is 59.7 Å². The largest absolute Gasteiger partial charge is 0.452 e. The van der Waals surface area contributed by atoms with E-state index >= 15 is 0 Å². The normalized spacial score (nSPS) is 11.7. The predicted molar refractivity (Wildman–Crippen MR) is 87.6 cm³/mol. The van der Waals surface area contributed by atoms with Gasteiger partial charge in [-0.3, -0.25) is 9.59 Å². The van der Waals surface area contributed by atoms with E-state index in [1.165, 1.54) is 25.1 Å². The Morgan fingerprint density at radius 3 is 2.42 bits per heavy atom. The molecule has 9 heteroatoms. The number of hydrogen-bond donors (Lipinski definition) is 1. The average Bonchev–Trinajstić information content (AvgIpc) is 2.61. The molecule has 0 bridgehead atoms. The second kappa shape index (κ2) is 8.70. The number of hydrogen-bond acceptors (Lipinski definition) is 4. The van der Waals surface area contributed by atoms with Crippen molar-refractivity contribution >= 4 is 29.3 Å². The fraction of sp³-hybridized carbons (Fsp3) is 0.176. The maximum Gasteiger partial charge on any atom is 0.317 e. The molecule has 0 spiro atoms. The molecule has 0 unspecified atom stereocenters. The molecule has 138 valence electrons. The molecule has 0 fully saturated rings. The van der Waals surface area contributed by atoms with Gasteiger partial charge >= 0.3 is 5.97 Å². The fourth-order valence-electron chi connectivity index (χ4n) is 1.84. The number of anilines is 1. The van der Waals surface area contributed by atoms with Gasteiger partial charge in [-0.15, -0.1) is 11.8 Å². The van der Waals surface area contributed by atoms with E-state index in [0.29, 0.717) is 6.07 Å². The average molecular weight is 387 g/mol.